The molecule has 2 unspecified atom stereocenters. The molecular weight excluding hydrogens is 264 g/mol. The first-order valence-electron chi connectivity index (χ1n) is 6.86. The largest absolute Gasteiger partial charge is 0.467 e. The molecule has 2 atom stereocenters. The third kappa shape index (κ3) is 2.13. The average molecular weight is 280 g/mol. The zero-order chi connectivity index (χ0) is 14.7. The minimum atomic E-state index is -1.09. The summed E-state index contributed by atoms with van der Waals surface area (Å²) >= 11 is 0. The number of methoxy groups -OCH3 is 1. The van der Waals surface area contributed by atoms with Crippen LogP contribution in [0.5, 0.6) is 0 Å². The summed E-state index contributed by atoms with van der Waals surface area (Å²) in [4.78, 5) is 12.5. The second kappa shape index (κ2) is 5.48. The molecule has 0 amide bonds. The predicted molar refractivity (Wildman–Crippen MR) is 79.0 cm³/mol. The molecule has 0 N–H and O–H groups in total. The lowest BCUT2D eigenvalue weighted by molar-refractivity contribution is -0.148. The van der Waals surface area contributed by atoms with Gasteiger partial charge in [-0.15, -0.1) is 0 Å². The summed E-state index contributed by atoms with van der Waals surface area (Å²) in [5, 5.41) is 8.48. The minimum Gasteiger partial charge on any atom is -0.467 e. The van der Waals surface area contributed by atoms with Gasteiger partial charge in [-0.2, -0.15) is 10.2 Å². The zero-order valence-electron chi connectivity index (χ0n) is 11.8. The van der Waals surface area contributed by atoms with Crippen LogP contribution < -0.4 is 0 Å². The highest BCUT2D eigenvalue weighted by Crippen LogP contribution is 2.45. The number of esters is 1. The van der Waals surface area contributed by atoms with Crippen LogP contribution in [0.4, 0.5) is 0 Å². The maximum atomic E-state index is 12.5. The summed E-state index contributed by atoms with van der Waals surface area (Å²) in [6.45, 7) is 0.480. The first-order valence-corrected chi connectivity index (χ1v) is 6.86. The molecule has 3 rings (SSSR count). The van der Waals surface area contributed by atoms with Crippen LogP contribution in [-0.4, -0.2) is 19.6 Å². The van der Waals surface area contributed by atoms with E-state index in [9.17, 15) is 4.79 Å². The van der Waals surface area contributed by atoms with Gasteiger partial charge >= 0.3 is 5.97 Å². The van der Waals surface area contributed by atoms with Gasteiger partial charge in [-0.3, -0.25) is 0 Å². The molecule has 0 saturated carbocycles. The van der Waals surface area contributed by atoms with Crippen LogP contribution in [-0.2, 0) is 15.1 Å². The minimum absolute atomic E-state index is 0.145. The lowest BCUT2D eigenvalue weighted by Gasteiger charge is -2.29. The predicted octanol–water partition coefficient (Wildman–Crippen LogP) is 3.30. The molecule has 0 aliphatic carbocycles. The van der Waals surface area contributed by atoms with Gasteiger partial charge in [-0.25, -0.2) is 4.79 Å². The van der Waals surface area contributed by atoms with E-state index in [1.807, 2.05) is 60.7 Å². The van der Waals surface area contributed by atoms with E-state index in [4.69, 9.17) is 4.74 Å². The molecule has 106 valence electrons. The maximum Gasteiger partial charge on any atom is 0.341 e. The normalized spacial score (nSPS) is 24.0. The van der Waals surface area contributed by atoms with Crippen molar-refractivity contribution in [3.63, 3.8) is 0 Å². The van der Waals surface area contributed by atoms with E-state index in [-0.39, 0.29) is 11.9 Å². The Balaban J connectivity index is 2.15. The second-order valence-electron chi connectivity index (χ2n) is 5.01. The Hall–Kier alpha value is -2.49. The number of benzene rings is 2. The highest BCUT2D eigenvalue weighted by molar-refractivity contribution is 5.84. The first-order chi connectivity index (χ1) is 10.3. The van der Waals surface area contributed by atoms with Gasteiger partial charge in [0.05, 0.1) is 13.7 Å². The molecule has 1 aliphatic rings. The molecule has 0 fully saturated rings. The second-order valence-corrected chi connectivity index (χ2v) is 5.01. The average Bonchev–Trinajstić information content (AvgIpc) is 3.01. The van der Waals surface area contributed by atoms with Crippen molar-refractivity contribution < 1.29 is 9.53 Å². The maximum absolute atomic E-state index is 12.5. The van der Waals surface area contributed by atoms with Crippen molar-refractivity contribution in [3.05, 3.63) is 71.8 Å². The summed E-state index contributed by atoms with van der Waals surface area (Å²) in [7, 11) is 1.39. The van der Waals surface area contributed by atoms with Crippen LogP contribution in [0.25, 0.3) is 0 Å². The van der Waals surface area contributed by atoms with E-state index < -0.39 is 5.54 Å². The van der Waals surface area contributed by atoms with E-state index in [1.165, 1.54) is 7.11 Å². The molecule has 0 bridgehead atoms. The quantitative estimate of drug-likeness (QED) is 0.810. The smallest absolute Gasteiger partial charge is 0.341 e. The lowest BCUT2D eigenvalue weighted by atomic mass is 9.76. The van der Waals surface area contributed by atoms with Gasteiger partial charge in [0.15, 0.2) is 0 Å². The van der Waals surface area contributed by atoms with Gasteiger partial charge in [0.1, 0.15) is 0 Å². The summed E-state index contributed by atoms with van der Waals surface area (Å²) in [5.74, 6) is -0.516. The fourth-order valence-corrected chi connectivity index (χ4v) is 2.88. The van der Waals surface area contributed by atoms with Crippen molar-refractivity contribution in [2.24, 2.45) is 10.2 Å². The number of hydrogen-bond donors (Lipinski definition) is 0. The highest BCUT2D eigenvalue weighted by Gasteiger charge is 2.52. The highest BCUT2D eigenvalue weighted by atomic mass is 16.5. The number of hydrogen-bond acceptors (Lipinski definition) is 4. The molecule has 1 aliphatic heterocycles. The molecule has 0 saturated heterocycles. The summed E-state index contributed by atoms with van der Waals surface area (Å²) in [6.07, 6.45) is 0. The van der Waals surface area contributed by atoms with E-state index in [2.05, 4.69) is 10.2 Å². The van der Waals surface area contributed by atoms with Crippen molar-refractivity contribution in [1.82, 2.24) is 0 Å². The summed E-state index contributed by atoms with van der Waals surface area (Å²) < 4.78 is 5.05. The van der Waals surface area contributed by atoms with Crippen LogP contribution in [0, 0.1) is 0 Å². The Morgan fingerprint density at radius 3 is 2.33 bits per heavy atom. The molecule has 0 radical (unpaired) electrons. The molecular formula is C17H16N2O2. The SMILES string of the molecule is COC(=O)C1(c2ccccc2)N=NCC1c1ccccc1. The molecule has 21 heavy (non-hydrogen) atoms. The monoisotopic (exact) mass is 280 g/mol. The van der Waals surface area contributed by atoms with Gasteiger partial charge in [0, 0.05) is 5.92 Å². The first kappa shape index (κ1) is 13.5. The Morgan fingerprint density at radius 1 is 1.10 bits per heavy atom. The van der Waals surface area contributed by atoms with Gasteiger partial charge in [0.25, 0.3) is 0 Å². The topological polar surface area (TPSA) is 51.0 Å². The van der Waals surface area contributed by atoms with Gasteiger partial charge in [-0.05, 0) is 11.1 Å². The van der Waals surface area contributed by atoms with Crippen molar-refractivity contribution in [1.29, 1.82) is 0 Å². The Bertz CT molecular complexity index is 655. The summed E-state index contributed by atoms with van der Waals surface area (Å²) in [6, 6.07) is 19.4. The molecule has 0 spiro atoms. The fraction of sp³-hybridized carbons (Fsp3) is 0.235. The Morgan fingerprint density at radius 2 is 1.71 bits per heavy atom. The van der Waals surface area contributed by atoms with Crippen LogP contribution in [0.1, 0.15) is 17.0 Å². The van der Waals surface area contributed by atoms with Crippen LogP contribution in [0.2, 0.25) is 0 Å². The number of azo groups is 1. The van der Waals surface area contributed by atoms with Crippen molar-refractivity contribution in [3.8, 4) is 0 Å². The number of nitrogens with zero attached hydrogens (tertiary/aromatic N) is 2. The lowest BCUT2D eigenvalue weighted by Crippen LogP contribution is -2.39. The van der Waals surface area contributed by atoms with E-state index in [0.29, 0.717) is 6.54 Å². The van der Waals surface area contributed by atoms with Gasteiger partial charge in [-0.1, -0.05) is 60.7 Å². The third-order valence-electron chi connectivity index (χ3n) is 3.91. The zero-order valence-corrected chi connectivity index (χ0v) is 11.8. The molecule has 0 aromatic heterocycles. The van der Waals surface area contributed by atoms with Crippen molar-refractivity contribution in [2.75, 3.05) is 13.7 Å². The fourth-order valence-electron chi connectivity index (χ4n) is 2.88. The molecule has 4 nitrogen and oxygen atoms in total. The summed E-state index contributed by atoms with van der Waals surface area (Å²) in [5.41, 5.74) is 0.765. The molecule has 2 aromatic rings. The van der Waals surface area contributed by atoms with E-state index in [1.54, 1.807) is 0 Å². The number of carbonyl (C=O) groups excluding carboxylic acids is 1. The van der Waals surface area contributed by atoms with E-state index in [0.717, 1.165) is 11.1 Å². The van der Waals surface area contributed by atoms with Gasteiger partial charge in [0.2, 0.25) is 5.54 Å². The Kier molecular flexibility index (Phi) is 3.52. The van der Waals surface area contributed by atoms with Gasteiger partial charge < -0.3 is 4.74 Å². The molecule has 4 heteroatoms. The standard InChI is InChI=1S/C17H16N2O2/c1-21-16(20)17(14-10-6-3-7-11-14)15(12-18-19-17)13-8-4-2-5-9-13/h2-11,15H,12H2,1H3. The Labute approximate surface area is 123 Å². The number of rotatable bonds is 3. The molecule has 2 aromatic carbocycles. The van der Waals surface area contributed by atoms with Crippen molar-refractivity contribution >= 4 is 5.97 Å². The number of ether oxygens (including phenoxy) is 1. The number of carbonyl (C=O) groups is 1. The van der Waals surface area contributed by atoms with Crippen LogP contribution in [0.3, 0.4) is 0 Å². The van der Waals surface area contributed by atoms with E-state index >= 15 is 0 Å². The van der Waals surface area contributed by atoms with Crippen molar-refractivity contribution in [2.45, 2.75) is 11.5 Å². The van der Waals surface area contributed by atoms with Crippen LogP contribution in [0.15, 0.2) is 70.9 Å². The molecule has 1 heterocycles. The third-order valence-corrected chi connectivity index (χ3v) is 3.91. The van der Waals surface area contributed by atoms with Crippen LogP contribution >= 0.6 is 0 Å².